The van der Waals surface area contributed by atoms with Crippen molar-refractivity contribution >= 4 is 12.0 Å². The minimum Gasteiger partial charge on any atom is -0.435 e. The minimum absolute atomic E-state index is 0. The highest BCUT2D eigenvalue weighted by atomic mass is 16.5. The van der Waals surface area contributed by atoms with Crippen LogP contribution >= 0.6 is 0 Å². The minimum atomic E-state index is -0.304. The first-order chi connectivity index (χ1) is 5.79. The van der Waals surface area contributed by atoms with Crippen LogP contribution in [0, 0.1) is 0 Å². The van der Waals surface area contributed by atoms with E-state index in [4.69, 9.17) is 0 Å². The van der Waals surface area contributed by atoms with E-state index in [0.717, 1.165) is 5.56 Å². The quantitative estimate of drug-likeness (QED) is 0.536. The fraction of sp³-hybridized carbons (Fsp3) is 0.182. The SMILES string of the molecule is C.CC(=O)OC=Cc1ccccc1.O. The molecule has 0 saturated heterocycles. The largest absolute Gasteiger partial charge is 0.435 e. The topological polar surface area (TPSA) is 57.8 Å². The average Bonchev–Trinajstić information content (AvgIpc) is 2.05. The van der Waals surface area contributed by atoms with E-state index in [0.29, 0.717) is 0 Å². The summed E-state index contributed by atoms with van der Waals surface area (Å²) in [5.74, 6) is -0.304. The summed E-state index contributed by atoms with van der Waals surface area (Å²) in [5.41, 5.74) is 1.01. The molecule has 0 aliphatic carbocycles. The Kier molecular flexibility index (Phi) is 8.52. The summed E-state index contributed by atoms with van der Waals surface area (Å²) < 4.78 is 4.63. The van der Waals surface area contributed by atoms with Crippen LogP contribution in [-0.4, -0.2) is 11.4 Å². The summed E-state index contributed by atoms with van der Waals surface area (Å²) in [5, 5.41) is 0. The van der Waals surface area contributed by atoms with Crippen molar-refractivity contribution in [2.75, 3.05) is 0 Å². The van der Waals surface area contributed by atoms with Crippen molar-refractivity contribution in [1.82, 2.24) is 0 Å². The normalized spacial score (nSPS) is 8.64. The lowest BCUT2D eigenvalue weighted by molar-refractivity contribution is -0.135. The molecule has 0 aliphatic heterocycles. The molecular weight excluding hydrogens is 180 g/mol. The Morgan fingerprint density at radius 3 is 2.36 bits per heavy atom. The number of carbonyl (C=O) groups excluding carboxylic acids is 1. The van der Waals surface area contributed by atoms with Gasteiger partial charge >= 0.3 is 5.97 Å². The smallest absolute Gasteiger partial charge is 0.307 e. The molecule has 0 bridgehead atoms. The Bertz CT molecular complexity index is 278. The van der Waals surface area contributed by atoms with E-state index in [-0.39, 0.29) is 18.9 Å². The molecule has 0 fully saturated rings. The van der Waals surface area contributed by atoms with Crippen molar-refractivity contribution in [3.63, 3.8) is 0 Å². The Balaban J connectivity index is 0. The number of hydrogen-bond acceptors (Lipinski definition) is 2. The second kappa shape index (κ2) is 8.01. The predicted octanol–water partition coefficient (Wildman–Crippen LogP) is 2.03. The molecule has 0 heterocycles. The molecular formula is C11H16O3. The van der Waals surface area contributed by atoms with E-state index >= 15 is 0 Å². The Hall–Kier alpha value is -1.61. The molecule has 0 radical (unpaired) electrons. The molecule has 0 aromatic heterocycles. The van der Waals surface area contributed by atoms with Gasteiger partial charge in [0.25, 0.3) is 0 Å². The van der Waals surface area contributed by atoms with Crippen LogP contribution < -0.4 is 0 Å². The van der Waals surface area contributed by atoms with Gasteiger partial charge in [-0.25, -0.2) is 0 Å². The maximum Gasteiger partial charge on any atom is 0.307 e. The van der Waals surface area contributed by atoms with Crippen molar-refractivity contribution in [2.45, 2.75) is 14.4 Å². The summed E-state index contributed by atoms with van der Waals surface area (Å²) in [7, 11) is 0. The first kappa shape index (κ1) is 14.9. The van der Waals surface area contributed by atoms with E-state index < -0.39 is 0 Å². The van der Waals surface area contributed by atoms with E-state index in [9.17, 15) is 4.79 Å². The van der Waals surface area contributed by atoms with Gasteiger partial charge in [-0.2, -0.15) is 0 Å². The molecule has 2 N–H and O–H groups in total. The molecule has 0 amide bonds. The Morgan fingerprint density at radius 1 is 1.29 bits per heavy atom. The highest BCUT2D eigenvalue weighted by Gasteiger charge is 1.85. The van der Waals surface area contributed by atoms with Crippen LogP contribution in [0.2, 0.25) is 0 Å². The third kappa shape index (κ3) is 5.97. The van der Waals surface area contributed by atoms with E-state index in [1.807, 2.05) is 30.3 Å². The van der Waals surface area contributed by atoms with Gasteiger partial charge in [0, 0.05) is 6.92 Å². The van der Waals surface area contributed by atoms with E-state index in [2.05, 4.69) is 4.74 Å². The molecule has 78 valence electrons. The molecule has 1 aromatic carbocycles. The molecule has 3 nitrogen and oxygen atoms in total. The lowest BCUT2D eigenvalue weighted by Crippen LogP contribution is -1.88. The summed E-state index contributed by atoms with van der Waals surface area (Å²) in [4.78, 5) is 10.4. The zero-order chi connectivity index (χ0) is 8.81. The third-order valence-electron chi connectivity index (χ3n) is 1.29. The van der Waals surface area contributed by atoms with Crippen LogP contribution in [-0.2, 0) is 9.53 Å². The van der Waals surface area contributed by atoms with Crippen LogP contribution in [0.4, 0.5) is 0 Å². The standard InChI is InChI=1S/C10H10O2.CH4.H2O/c1-9(11)12-8-7-10-5-3-2-4-6-10;;/h2-8H,1H3;1H4;1H2. The van der Waals surface area contributed by atoms with Gasteiger partial charge in [0.05, 0.1) is 6.26 Å². The summed E-state index contributed by atoms with van der Waals surface area (Å²) >= 11 is 0. The Morgan fingerprint density at radius 2 is 1.86 bits per heavy atom. The van der Waals surface area contributed by atoms with Gasteiger partial charge in [-0.05, 0) is 11.6 Å². The van der Waals surface area contributed by atoms with Gasteiger partial charge in [0.2, 0.25) is 0 Å². The summed E-state index contributed by atoms with van der Waals surface area (Å²) in [6.07, 6.45) is 3.12. The number of carbonyl (C=O) groups is 1. The third-order valence-corrected chi connectivity index (χ3v) is 1.29. The highest BCUT2D eigenvalue weighted by molar-refractivity contribution is 5.67. The number of ether oxygens (including phenoxy) is 1. The maximum absolute atomic E-state index is 10.4. The lowest BCUT2D eigenvalue weighted by atomic mass is 10.2. The van der Waals surface area contributed by atoms with E-state index in [1.54, 1.807) is 6.08 Å². The molecule has 0 aliphatic rings. The van der Waals surface area contributed by atoms with Crippen molar-refractivity contribution in [3.05, 3.63) is 42.2 Å². The lowest BCUT2D eigenvalue weighted by Gasteiger charge is -1.91. The molecule has 1 aromatic rings. The summed E-state index contributed by atoms with van der Waals surface area (Å²) in [6, 6.07) is 9.64. The van der Waals surface area contributed by atoms with Gasteiger partial charge in [-0.15, -0.1) is 0 Å². The van der Waals surface area contributed by atoms with Crippen molar-refractivity contribution in [3.8, 4) is 0 Å². The summed E-state index contributed by atoms with van der Waals surface area (Å²) in [6.45, 7) is 1.37. The number of hydrogen-bond donors (Lipinski definition) is 0. The van der Waals surface area contributed by atoms with Crippen LogP contribution in [0.5, 0.6) is 0 Å². The van der Waals surface area contributed by atoms with Gasteiger partial charge in [0.15, 0.2) is 0 Å². The monoisotopic (exact) mass is 196 g/mol. The molecule has 14 heavy (non-hydrogen) atoms. The number of benzene rings is 1. The zero-order valence-corrected chi connectivity index (χ0v) is 7.36. The number of esters is 1. The fourth-order valence-corrected chi connectivity index (χ4v) is 0.773. The van der Waals surface area contributed by atoms with Gasteiger partial charge < -0.3 is 10.2 Å². The highest BCUT2D eigenvalue weighted by Crippen LogP contribution is 2.00. The fourth-order valence-electron chi connectivity index (χ4n) is 0.773. The molecule has 0 spiro atoms. The molecule has 3 heteroatoms. The van der Waals surface area contributed by atoms with Crippen molar-refractivity contribution in [2.24, 2.45) is 0 Å². The first-order valence-electron chi connectivity index (χ1n) is 3.68. The van der Waals surface area contributed by atoms with Crippen LogP contribution in [0.25, 0.3) is 6.08 Å². The van der Waals surface area contributed by atoms with Crippen LogP contribution in [0.1, 0.15) is 19.9 Å². The van der Waals surface area contributed by atoms with Crippen LogP contribution in [0.15, 0.2) is 36.6 Å². The average molecular weight is 196 g/mol. The van der Waals surface area contributed by atoms with Gasteiger partial charge in [0.1, 0.15) is 0 Å². The molecule has 0 saturated carbocycles. The first-order valence-corrected chi connectivity index (χ1v) is 3.68. The molecule has 0 unspecified atom stereocenters. The molecule has 0 atom stereocenters. The Labute approximate surface area is 84.3 Å². The van der Waals surface area contributed by atoms with Crippen molar-refractivity contribution < 1.29 is 15.0 Å². The van der Waals surface area contributed by atoms with Crippen molar-refractivity contribution in [1.29, 1.82) is 0 Å². The van der Waals surface area contributed by atoms with E-state index in [1.165, 1.54) is 13.2 Å². The zero-order valence-electron chi connectivity index (χ0n) is 7.36. The van der Waals surface area contributed by atoms with Gasteiger partial charge in [-0.1, -0.05) is 37.8 Å². The van der Waals surface area contributed by atoms with Gasteiger partial charge in [-0.3, -0.25) is 4.79 Å². The second-order valence-corrected chi connectivity index (χ2v) is 2.32. The second-order valence-electron chi connectivity index (χ2n) is 2.32. The number of rotatable bonds is 2. The predicted molar refractivity (Wildman–Crippen MR) is 57.6 cm³/mol. The maximum atomic E-state index is 10.4. The molecule has 1 rings (SSSR count). The van der Waals surface area contributed by atoms with Crippen LogP contribution in [0.3, 0.4) is 0 Å².